The number of halogens is 1. The molecule has 5 nitrogen and oxygen atoms in total. The van der Waals surface area contributed by atoms with Crippen molar-refractivity contribution in [3.8, 4) is 5.75 Å². The monoisotopic (exact) mass is 504 g/mol. The van der Waals surface area contributed by atoms with Crippen LogP contribution in [0, 0.1) is 0 Å². The van der Waals surface area contributed by atoms with Gasteiger partial charge in [-0.1, -0.05) is 79.0 Å². The van der Waals surface area contributed by atoms with Crippen LogP contribution in [0.4, 0.5) is 0 Å². The van der Waals surface area contributed by atoms with Gasteiger partial charge in [-0.3, -0.25) is 9.59 Å². The van der Waals surface area contributed by atoms with Crippen molar-refractivity contribution in [3.63, 3.8) is 0 Å². The van der Waals surface area contributed by atoms with E-state index in [1.807, 2.05) is 78.9 Å². The van der Waals surface area contributed by atoms with E-state index in [0.29, 0.717) is 18.0 Å². The fraction of sp³-hybridized carbons (Fsp3) is 0.333. The Bertz CT molecular complexity index is 1130. The molecule has 0 spiro atoms. The highest BCUT2D eigenvalue weighted by atomic mass is 35.5. The lowest BCUT2D eigenvalue weighted by atomic mass is 10.0. The Morgan fingerprint density at radius 3 is 2.19 bits per heavy atom. The molecule has 0 aliphatic heterocycles. The van der Waals surface area contributed by atoms with Gasteiger partial charge in [-0.15, -0.1) is 0 Å². The smallest absolute Gasteiger partial charge is 0.243 e. The van der Waals surface area contributed by atoms with Crippen LogP contribution in [0.25, 0.3) is 0 Å². The summed E-state index contributed by atoms with van der Waals surface area (Å²) in [6, 6.07) is 24.3. The first-order chi connectivity index (χ1) is 17.5. The molecule has 3 aromatic carbocycles. The van der Waals surface area contributed by atoms with E-state index in [9.17, 15) is 9.59 Å². The first-order valence-electron chi connectivity index (χ1n) is 12.5. The average molecular weight is 505 g/mol. The fourth-order valence-corrected chi connectivity index (χ4v) is 4.85. The molecule has 1 saturated carbocycles. The molecule has 6 heteroatoms. The molecule has 0 radical (unpaired) electrons. The summed E-state index contributed by atoms with van der Waals surface area (Å²) in [5.74, 6) is 0.544. The van der Waals surface area contributed by atoms with Crippen LogP contribution >= 0.6 is 11.6 Å². The van der Waals surface area contributed by atoms with E-state index in [2.05, 4.69) is 5.32 Å². The minimum atomic E-state index is -0.630. The van der Waals surface area contributed by atoms with Gasteiger partial charge >= 0.3 is 0 Å². The Morgan fingerprint density at radius 2 is 1.56 bits per heavy atom. The minimum absolute atomic E-state index is 0.0946. The number of amides is 2. The summed E-state index contributed by atoms with van der Waals surface area (Å²) < 4.78 is 5.25. The highest BCUT2D eigenvalue weighted by molar-refractivity contribution is 6.30. The Hall–Kier alpha value is -3.31. The average Bonchev–Trinajstić information content (AvgIpc) is 3.41. The molecule has 2 amide bonds. The number of hydrogen-bond acceptors (Lipinski definition) is 3. The molecule has 1 N–H and O–H groups in total. The topological polar surface area (TPSA) is 58.6 Å². The van der Waals surface area contributed by atoms with Crippen LogP contribution in [-0.4, -0.2) is 35.9 Å². The Kier molecular flexibility index (Phi) is 9.01. The van der Waals surface area contributed by atoms with Crippen LogP contribution in [0.5, 0.6) is 5.75 Å². The van der Waals surface area contributed by atoms with Crippen molar-refractivity contribution in [2.45, 2.75) is 57.2 Å². The van der Waals surface area contributed by atoms with Crippen molar-refractivity contribution in [1.29, 1.82) is 0 Å². The molecule has 0 aromatic heterocycles. The second-order valence-electron chi connectivity index (χ2n) is 9.37. The third-order valence-corrected chi connectivity index (χ3v) is 7.01. The molecular formula is C30H33ClN2O3. The Labute approximate surface area is 218 Å². The lowest BCUT2D eigenvalue weighted by Gasteiger charge is -2.32. The number of carbonyl (C=O) groups excluding carboxylic acids is 2. The quantitative estimate of drug-likeness (QED) is 0.391. The molecule has 4 rings (SSSR count). The number of benzene rings is 3. The first-order valence-corrected chi connectivity index (χ1v) is 12.9. The minimum Gasteiger partial charge on any atom is -0.497 e. The molecule has 3 aromatic rings. The van der Waals surface area contributed by atoms with Crippen LogP contribution in [0.1, 0.15) is 42.4 Å². The van der Waals surface area contributed by atoms with Crippen LogP contribution in [0.3, 0.4) is 0 Å². The summed E-state index contributed by atoms with van der Waals surface area (Å²) in [6.45, 7) is 0.321. The second-order valence-corrected chi connectivity index (χ2v) is 9.80. The Morgan fingerprint density at radius 1 is 0.917 bits per heavy atom. The maximum absolute atomic E-state index is 13.8. The van der Waals surface area contributed by atoms with Gasteiger partial charge in [-0.2, -0.15) is 0 Å². The second kappa shape index (κ2) is 12.6. The summed E-state index contributed by atoms with van der Waals surface area (Å²) in [5.41, 5.74) is 2.81. The number of methoxy groups -OCH3 is 1. The van der Waals surface area contributed by atoms with Crippen molar-refractivity contribution in [2.75, 3.05) is 7.11 Å². The summed E-state index contributed by atoms with van der Waals surface area (Å²) >= 11 is 6.10. The SMILES string of the molecule is COc1ccc(CC(=O)N(Cc2ccc(Cl)cc2)[C@@H](Cc2ccccc2)C(=O)NC2CCCC2)cc1. The van der Waals surface area contributed by atoms with Crippen molar-refractivity contribution in [3.05, 3.63) is 101 Å². The zero-order chi connectivity index (χ0) is 25.3. The van der Waals surface area contributed by atoms with E-state index in [4.69, 9.17) is 16.3 Å². The maximum atomic E-state index is 13.8. The van der Waals surface area contributed by atoms with E-state index in [1.54, 1.807) is 12.0 Å². The van der Waals surface area contributed by atoms with Crippen LogP contribution < -0.4 is 10.1 Å². The van der Waals surface area contributed by atoms with Gasteiger partial charge in [0.25, 0.3) is 0 Å². The molecule has 0 unspecified atom stereocenters. The summed E-state index contributed by atoms with van der Waals surface area (Å²) in [6.07, 6.45) is 4.86. The summed E-state index contributed by atoms with van der Waals surface area (Å²) in [5, 5.41) is 3.87. The van der Waals surface area contributed by atoms with Gasteiger partial charge in [-0.25, -0.2) is 0 Å². The predicted molar refractivity (Wildman–Crippen MR) is 143 cm³/mol. The first kappa shape index (κ1) is 25.8. The lowest BCUT2D eigenvalue weighted by molar-refractivity contribution is -0.141. The van der Waals surface area contributed by atoms with Crippen molar-refractivity contribution in [1.82, 2.24) is 10.2 Å². The Balaban J connectivity index is 1.64. The highest BCUT2D eigenvalue weighted by Crippen LogP contribution is 2.21. The molecule has 1 fully saturated rings. The van der Waals surface area contributed by atoms with Crippen LogP contribution in [-0.2, 0) is 29.0 Å². The van der Waals surface area contributed by atoms with Gasteiger partial charge in [0.1, 0.15) is 11.8 Å². The zero-order valence-corrected chi connectivity index (χ0v) is 21.4. The van der Waals surface area contributed by atoms with E-state index < -0.39 is 6.04 Å². The summed E-state index contributed by atoms with van der Waals surface area (Å²) in [4.78, 5) is 29.2. The molecule has 36 heavy (non-hydrogen) atoms. The van der Waals surface area contributed by atoms with Gasteiger partial charge in [0.05, 0.1) is 13.5 Å². The highest BCUT2D eigenvalue weighted by Gasteiger charge is 2.32. The zero-order valence-electron chi connectivity index (χ0n) is 20.7. The molecule has 188 valence electrons. The third kappa shape index (κ3) is 7.11. The number of hydrogen-bond donors (Lipinski definition) is 1. The number of ether oxygens (including phenoxy) is 1. The van der Waals surface area contributed by atoms with E-state index in [1.165, 1.54) is 0 Å². The normalized spacial score (nSPS) is 14.3. The van der Waals surface area contributed by atoms with Crippen molar-refractivity contribution < 1.29 is 14.3 Å². The summed E-state index contributed by atoms with van der Waals surface area (Å²) in [7, 11) is 1.62. The standard InChI is InChI=1S/C30H33ClN2O3/c1-36-27-17-13-23(14-18-27)20-29(34)33(21-24-11-15-25(31)16-12-24)28(19-22-7-3-2-4-8-22)30(35)32-26-9-5-6-10-26/h2-4,7-8,11-18,26,28H,5-6,9-10,19-21H2,1H3,(H,32,35)/t28-/m0/s1. The van der Waals surface area contributed by atoms with Gasteiger partial charge in [0, 0.05) is 24.0 Å². The van der Waals surface area contributed by atoms with Gasteiger partial charge in [0.15, 0.2) is 0 Å². The molecule has 1 aliphatic rings. The van der Waals surface area contributed by atoms with Gasteiger partial charge in [-0.05, 0) is 53.8 Å². The molecular weight excluding hydrogens is 472 g/mol. The van der Waals surface area contributed by atoms with Crippen LogP contribution in [0.15, 0.2) is 78.9 Å². The van der Waals surface area contributed by atoms with Gasteiger partial charge in [0.2, 0.25) is 11.8 Å². The molecule has 0 heterocycles. The number of nitrogens with zero attached hydrogens (tertiary/aromatic N) is 1. The van der Waals surface area contributed by atoms with Crippen LogP contribution in [0.2, 0.25) is 5.02 Å². The molecule has 1 aliphatic carbocycles. The lowest BCUT2D eigenvalue weighted by Crippen LogP contribution is -2.52. The van der Waals surface area contributed by atoms with E-state index in [-0.39, 0.29) is 24.3 Å². The van der Waals surface area contributed by atoms with Crippen molar-refractivity contribution in [2.24, 2.45) is 0 Å². The molecule has 0 bridgehead atoms. The van der Waals surface area contributed by atoms with E-state index in [0.717, 1.165) is 48.1 Å². The largest absolute Gasteiger partial charge is 0.497 e. The fourth-order valence-electron chi connectivity index (χ4n) is 4.73. The van der Waals surface area contributed by atoms with Gasteiger partial charge < -0.3 is 15.0 Å². The maximum Gasteiger partial charge on any atom is 0.243 e. The number of nitrogens with one attached hydrogen (secondary N) is 1. The molecule has 1 atom stereocenters. The third-order valence-electron chi connectivity index (χ3n) is 6.75. The van der Waals surface area contributed by atoms with Crippen molar-refractivity contribution >= 4 is 23.4 Å². The predicted octanol–water partition coefficient (Wildman–Crippen LogP) is 5.59. The van der Waals surface area contributed by atoms with E-state index >= 15 is 0 Å². The number of rotatable bonds is 10. The number of carbonyl (C=O) groups is 2. The molecule has 0 saturated heterocycles.